The van der Waals surface area contributed by atoms with Gasteiger partial charge in [-0.2, -0.15) is 4.98 Å². The zero-order valence-electron chi connectivity index (χ0n) is 15.0. The smallest absolute Gasteiger partial charge is 0.270 e. The molecule has 1 saturated carbocycles. The van der Waals surface area contributed by atoms with E-state index in [0.29, 0.717) is 17.5 Å². The second-order valence-electron chi connectivity index (χ2n) is 6.83. The van der Waals surface area contributed by atoms with Crippen LogP contribution in [0.2, 0.25) is 0 Å². The Hall–Kier alpha value is -2.48. The van der Waals surface area contributed by atoms with Gasteiger partial charge in [0.15, 0.2) is 16.6 Å². The van der Waals surface area contributed by atoms with E-state index in [0.717, 1.165) is 46.8 Å². The number of halogens is 1. The van der Waals surface area contributed by atoms with E-state index in [1.165, 1.54) is 11.3 Å². The first-order chi connectivity index (χ1) is 13.2. The van der Waals surface area contributed by atoms with E-state index >= 15 is 0 Å². The summed E-state index contributed by atoms with van der Waals surface area (Å²) in [5.41, 5.74) is 7.80. The number of rotatable bonds is 4. The molecule has 1 aromatic carbocycles. The summed E-state index contributed by atoms with van der Waals surface area (Å²) in [5, 5.41) is 4.97. The van der Waals surface area contributed by atoms with Crippen molar-refractivity contribution in [1.82, 2.24) is 15.1 Å². The molecule has 0 radical (unpaired) electrons. The molecule has 3 aromatic heterocycles. The summed E-state index contributed by atoms with van der Waals surface area (Å²) in [6.07, 6.45) is 5.61. The fraction of sp³-hybridized carbons (Fsp3) is 0.250. The standard InChI is InChI=1S/C20H18N4O2S.ClH/c21-20(10-4-5-11-20)19-23-17(26-24-19)16-15(13-7-2-1-3-8-13)22-18(27-16)14-9-6-12-25-14;/h1-3,6-9,12H,4-5,10-11,21H2;1H. The number of nitrogens with two attached hydrogens (primary N) is 1. The van der Waals surface area contributed by atoms with Crippen molar-refractivity contribution < 1.29 is 8.94 Å². The Morgan fingerprint density at radius 2 is 1.79 bits per heavy atom. The Morgan fingerprint density at radius 1 is 1.00 bits per heavy atom. The van der Waals surface area contributed by atoms with Crippen molar-refractivity contribution in [3.05, 3.63) is 54.6 Å². The summed E-state index contributed by atoms with van der Waals surface area (Å²) in [6, 6.07) is 13.7. The van der Waals surface area contributed by atoms with Gasteiger partial charge in [0.1, 0.15) is 4.88 Å². The van der Waals surface area contributed by atoms with Crippen LogP contribution in [-0.4, -0.2) is 15.1 Å². The third-order valence-corrected chi connectivity index (χ3v) is 6.03. The topological polar surface area (TPSA) is 91.0 Å². The molecule has 0 aliphatic heterocycles. The zero-order chi connectivity index (χ0) is 18.3. The van der Waals surface area contributed by atoms with Crippen LogP contribution in [0.15, 0.2) is 57.7 Å². The van der Waals surface area contributed by atoms with Gasteiger partial charge in [-0.15, -0.1) is 23.7 Å². The number of furan rings is 1. The molecule has 8 heteroatoms. The van der Waals surface area contributed by atoms with Crippen LogP contribution in [0.5, 0.6) is 0 Å². The van der Waals surface area contributed by atoms with Crippen molar-refractivity contribution in [3.8, 4) is 32.8 Å². The van der Waals surface area contributed by atoms with E-state index in [1.807, 2.05) is 42.5 Å². The molecule has 6 nitrogen and oxygen atoms in total. The van der Waals surface area contributed by atoms with Crippen LogP contribution in [0.4, 0.5) is 0 Å². The van der Waals surface area contributed by atoms with Crippen molar-refractivity contribution in [2.45, 2.75) is 31.2 Å². The monoisotopic (exact) mass is 414 g/mol. The molecule has 0 spiro atoms. The normalized spacial score (nSPS) is 15.5. The minimum atomic E-state index is -0.483. The first-order valence-electron chi connectivity index (χ1n) is 8.96. The largest absolute Gasteiger partial charge is 0.462 e. The average Bonchev–Trinajstić information content (AvgIpc) is 3.47. The van der Waals surface area contributed by atoms with Crippen molar-refractivity contribution in [1.29, 1.82) is 0 Å². The lowest BCUT2D eigenvalue weighted by atomic mass is 9.99. The maximum absolute atomic E-state index is 6.49. The molecule has 1 aliphatic carbocycles. The lowest BCUT2D eigenvalue weighted by molar-refractivity contribution is 0.373. The van der Waals surface area contributed by atoms with Gasteiger partial charge in [-0.25, -0.2) is 4.98 Å². The molecule has 4 aromatic rings. The lowest BCUT2D eigenvalue weighted by Gasteiger charge is -2.17. The molecule has 0 unspecified atom stereocenters. The summed E-state index contributed by atoms with van der Waals surface area (Å²) in [4.78, 5) is 10.3. The van der Waals surface area contributed by atoms with Gasteiger partial charge in [0.05, 0.1) is 17.5 Å². The second kappa shape index (κ2) is 7.50. The number of aromatic nitrogens is 3. The van der Waals surface area contributed by atoms with Gasteiger partial charge in [-0.3, -0.25) is 0 Å². The van der Waals surface area contributed by atoms with Gasteiger partial charge < -0.3 is 14.7 Å². The van der Waals surface area contributed by atoms with Crippen LogP contribution in [0, 0.1) is 0 Å². The van der Waals surface area contributed by atoms with E-state index in [4.69, 9.17) is 19.7 Å². The molecule has 0 amide bonds. The van der Waals surface area contributed by atoms with Gasteiger partial charge in [0.2, 0.25) is 0 Å². The van der Waals surface area contributed by atoms with Crippen molar-refractivity contribution in [3.63, 3.8) is 0 Å². The summed E-state index contributed by atoms with van der Waals surface area (Å²) in [7, 11) is 0. The Bertz CT molecular complexity index is 1050. The lowest BCUT2D eigenvalue weighted by Crippen LogP contribution is -2.34. The van der Waals surface area contributed by atoms with E-state index in [-0.39, 0.29) is 12.4 Å². The quantitative estimate of drug-likeness (QED) is 0.489. The number of nitrogens with zero attached hydrogens (tertiary/aromatic N) is 3. The number of thiazole rings is 1. The molecule has 1 fully saturated rings. The number of hydrogen-bond acceptors (Lipinski definition) is 7. The Morgan fingerprint density at radius 3 is 2.50 bits per heavy atom. The summed E-state index contributed by atoms with van der Waals surface area (Å²) in [5.74, 6) is 1.76. The minimum Gasteiger partial charge on any atom is -0.462 e. The third-order valence-electron chi connectivity index (χ3n) is 4.97. The molecule has 144 valence electrons. The molecule has 0 atom stereocenters. The van der Waals surface area contributed by atoms with Gasteiger partial charge in [-0.05, 0) is 25.0 Å². The van der Waals surface area contributed by atoms with E-state index in [2.05, 4.69) is 10.1 Å². The molecule has 2 N–H and O–H groups in total. The highest BCUT2D eigenvalue weighted by Crippen LogP contribution is 2.41. The van der Waals surface area contributed by atoms with Crippen LogP contribution in [-0.2, 0) is 5.54 Å². The first-order valence-corrected chi connectivity index (χ1v) is 9.78. The summed E-state index contributed by atoms with van der Waals surface area (Å²) in [6.45, 7) is 0. The van der Waals surface area contributed by atoms with E-state index < -0.39 is 5.54 Å². The van der Waals surface area contributed by atoms with Crippen LogP contribution in [0.25, 0.3) is 32.8 Å². The highest BCUT2D eigenvalue weighted by atomic mass is 35.5. The molecule has 3 heterocycles. The molecule has 5 rings (SSSR count). The second-order valence-corrected chi connectivity index (χ2v) is 7.83. The molecule has 0 saturated heterocycles. The predicted molar refractivity (Wildman–Crippen MR) is 110 cm³/mol. The van der Waals surface area contributed by atoms with Crippen molar-refractivity contribution in [2.24, 2.45) is 5.73 Å². The van der Waals surface area contributed by atoms with Gasteiger partial charge >= 0.3 is 0 Å². The molecule has 1 aliphatic rings. The van der Waals surface area contributed by atoms with Gasteiger partial charge in [0, 0.05) is 5.56 Å². The fourth-order valence-corrected chi connectivity index (χ4v) is 4.49. The Balaban J connectivity index is 0.00000192. The minimum absolute atomic E-state index is 0. The molecule has 0 bridgehead atoms. The summed E-state index contributed by atoms with van der Waals surface area (Å²) >= 11 is 1.48. The summed E-state index contributed by atoms with van der Waals surface area (Å²) < 4.78 is 11.1. The van der Waals surface area contributed by atoms with Crippen LogP contribution >= 0.6 is 23.7 Å². The van der Waals surface area contributed by atoms with E-state index in [1.54, 1.807) is 6.26 Å². The van der Waals surface area contributed by atoms with Gasteiger partial charge in [-0.1, -0.05) is 48.3 Å². The maximum Gasteiger partial charge on any atom is 0.270 e. The van der Waals surface area contributed by atoms with Crippen molar-refractivity contribution >= 4 is 23.7 Å². The van der Waals surface area contributed by atoms with Crippen LogP contribution in [0.3, 0.4) is 0 Å². The predicted octanol–water partition coefficient (Wildman–Crippen LogP) is 5.27. The van der Waals surface area contributed by atoms with Crippen LogP contribution < -0.4 is 5.73 Å². The molecular formula is C20H19ClN4O2S. The third kappa shape index (κ3) is 3.26. The zero-order valence-corrected chi connectivity index (χ0v) is 16.6. The average molecular weight is 415 g/mol. The van der Waals surface area contributed by atoms with E-state index in [9.17, 15) is 0 Å². The fourth-order valence-electron chi connectivity index (χ4n) is 3.51. The number of hydrogen-bond donors (Lipinski definition) is 1. The maximum atomic E-state index is 6.49. The van der Waals surface area contributed by atoms with Gasteiger partial charge in [0.25, 0.3) is 5.89 Å². The highest BCUT2D eigenvalue weighted by molar-refractivity contribution is 7.18. The first kappa shape index (κ1) is 18.9. The Labute approximate surface area is 172 Å². The SMILES string of the molecule is Cl.NC1(c2noc(-c3sc(-c4ccco4)nc3-c3ccccc3)n2)CCCC1. The van der Waals surface area contributed by atoms with Crippen LogP contribution in [0.1, 0.15) is 31.5 Å². The highest BCUT2D eigenvalue weighted by Gasteiger charge is 2.36. The molecular weight excluding hydrogens is 396 g/mol. The Kier molecular flexibility index (Phi) is 5.05. The van der Waals surface area contributed by atoms with Crippen molar-refractivity contribution in [2.75, 3.05) is 0 Å². The number of benzene rings is 1. The molecule has 28 heavy (non-hydrogen) atoms.